The third-order valence-corrected chi connectivity index (χ3v) is 4.19. The van der Waals surface area contributed by atoms with Crippen LogP contribution in [-0.2, 0) is 6.54 Å². The van der Waals surface area contributed by atoms with Crippen LogP contribution in [0, 0.1) is 23.2 Å². The average molecular weight is 285 g/mol. The maximum atomic E-state index is 8.93. The van der Waals surface area contributed by atoms with Crippen molar-refractivity contribution < 1.29 is 0 Å². The molecule has 2 rings (SSSR count). The van der Waals surface area contributed by atoms with E-state index < -0.39 is 0 Å². The summed E-state index contributed by atoms with van der Waals surface area (Å²) in [6.45, 7) is 11.3. The molecule has 1 aliphatic heterocycles. The van der Waals surface area contributed by atoms with Crippen LogP contribution < -0.4 is 5.32 Å². The Hall–Kier alpha value is -1.37. The Balaban J connectivity index is 1.79. The van der Waals surface area contributed by atoms with Gasteiger partial charge < -0.3 is 10.2 Å². The van der Waals surface area contributed by atoms with Gasteiger partial charge in [-0.05, 0) is 42.9 Å². The first-order valence-electron chi connectivity index (χ1n) is 8.01. The summed E-state index contributed by atoms with van der Waals surface area (Å²) in [5.74, 6) is 1.63. The number of benzene rings is 1. The first kappa shape index (κ1) is 16.0. The smallest absolute Gasteiger partial charge is 0.0991 e. The molecule has 1 aromatic rings. The summed E-state index contributed by atoms with van der Waals surface area (Å²) in [7, 11) is 0. The number of hydrogen-bond donors (Lipinski definition) is 1. The topological polar surface area (TPSA) is 39.1 Å². The standard InChI is InChI=1S/C18H27N3/c1-14-7-15(2)12-21(11-14)13-16(3)20-10-18-6-4-5-17(8-18)9-19/h4-6,8,14-16,20H,7,10-13H2,1-3H3. The lowest BCUT2D eigenvalue weighted by molar-refractivity contribution is 0.130. The van der Waals surface area contributed by atoms with Gasteiger partial charge in [0.15, 0.2) is 0 Å². The second kappa shape index (κ2) is 7.59. The summed E-state index contributed by atoms with van der Waals surface area (Å²) in [5.41, 5.74) is 1.92. The number of rotatable bonds is 5. The molecule has 3 nitrogen and oxygen atoms in total. The van der Waals surface area contributed by atoms with Gasteiger partial charge in [-0.1, -0.05) is 26.0 Å². The molecule has 114 valence electrons. The zero-order valence-corrected chi connectivity index (χ0v) is 13.5. The van der Waals surface area contributed by atoms with Crippen LogP contribution in [0.5, 0.6) is 0 Å². The fraction of sp³-hybridized carbons (Fsp3) is 0.611. The van der Waals surface area contributed by atoms with Crippen molar-refractivity contribution in [1.29, 1.82) is 5.26 Å². The van der Waals surface area contributed by atoms with Gasteiger partial charge in [0, 0.05) is 32.2 Å². The fourth-order valence-electron chi connectivity index (χ4n) is 3.44. The number of hydrogen-bond acceptors (Lipinski definition) is 3. The second-order valence-electron chi connectivity index (χ2n) is 6.76. The van der Waals surface area contributed by atoms with Crippen molar-refractivity contribution in [2.75, 3.05) is 19.6 Å². The van der Waals surface area contributed by atoms with E-state index in [0.717, 1.165) is 30.5 Å². The highest BCUT2D eigenvalue weighted by Gasteiger charge is 2.22. The third kappa shape index (κ3) is 5.15. The Kier molecular flexibility index (Phi) is 5.78. The molecule has 0 amide bonds. The second-order valence-corrected chi connectivity index (χ2v) is 6.76. The molecule has 0 saturated carbocycles. The average Bonchev–Trinajstić information content (AvgIpc) is 2.44. The zero-order valence-electron chi connectivity index (χ0n) is 13.5. The van der Waals surface area contributed by atoms with Gasteiger partial charge in [0.2, 0.25) is 0 Å². The van der Waals surface area contributed by atoms with Crippen LogP contribution >= 0.6 is 0 Å². The molecule has 1 N–H and O–H groups in total. The summed E-state index contributed by atoms with van der Waals surface area (Å²) in [6.07, 6.45) is 1.36. The van der Waals surface area contributed by atoms with Crippen molar-refractivity contribution in [2.45, 2.75) is 39.8 Å². The quantitative estimate of drug-likeness (QED) is 0.904. The van der Waals surface area contributed by atoms with Gasteiger partial charge in [0.05, 0.1) is 11.6 Å². The highest BCUT2D eigenvalue weighted by molar-refractivity contribution is 5.32. The molecular weight excluding hydrogens is 258 g/mol. The lowest BCUT2D eigenvalue weighted by atomic mass is 9.92. The Morgan fingerprint density at radius 3 is 2.71 bits per heavy atom. The van der Waals surface area contributed by atoms with Crippen molar-refractivity contribution in [3.8, 4) is 6.07 Å². The van der Waals surface area contributed by atoms with E-state index in [1.807, 2.05) is 18.2 Å². The van der Waals surface area contributed by atoms with Gasteiger partial charge in [-0.2, -0.15) is 5.26 Å². The van der Waals surface area contributed by atoms with E-state index in [1.165, 1.54) is 25.1 Å². The molecule has 0 radical (unpaired) electrons. The zero-order chi connectivity index (χ0) is 15.2. The van der Waals surface area contributed by atoms with Crippen LogP contribution in [-0.4, -0.2) is 30.6 Å². The molecule has 1 saturated heterocycles. The monoisotopic (exact) mass is 285 g/mol. The van der Waals surface area contributed by atoms with E-state index in [0.29, 0.717) is 6.04 Å². The number of piperidine rings is 1. The first-order chi connectivity index (χ1) is 10.1. The van der Waals surface area contributed by atoms with Gasteiger partial charge in [0.1, 0.15) is 0 Å². The van der Waals surface area contributed by atoms with Gasteiger partial charge in [-0.3, -0.25) is 0 Å². The fourth-order valence-corrected chi connectivity index (χ4v) is 3.44. The molecule has 1 aliphatic rings. The highest BCUT2D eigenvalue weighted by atomic mass is 15.2. The van der Waals surface area contributed by atoms with Crippen LogP contribution in [0.1, 0.15) is 38.3 Å². The Morgan fingerprint density at radius 1 is 1.33 bits per heavy atom. The Labute approximate surface area is 129 Å². The number of likely N-dealkylation sites (tertiary alicyclic amines) is 1. The number of nitriles is 1. The first-order valence-corrected chi connectivity index (χ1v) is 8.01. The van der Waals surface area contributed by atoms with Crippen molar-refractivity contribution >= 4 is 0 Å². The molecule has 21 heavy (non-hydrogen) atoms. The predicted octanol–water partition coefficient (Wildman–Crippen LogP) is 3.01. The van der Waals surface area contributed by atoms with E-state index in [9.17, 15) is 0 Å². The molecule has 3 heteroatoms. The van der Waals surface area contributed by atoms with Crippen LogP contribution in [0.15, 0.2) is 24.3 Å². The van der Waals surface area contributed by atoms with Crippen LogP contribution in [0.25, 0.3) is 0 Å². The minimum absolute atomic E-state index is 0.466. The largest absolute Gasteiger partial charge is 0.309 e. The summed E-state index contributed by atoms with van der Waals surface area (Å²) in [5, 5.41) is 12.5. The number of nitrogens with one attached hydrogen (secondary N) is 1. The molecule has 3 unspecified atom stereocenters. The van der Waals surface area contributed by atoms with Crippen LogP contribution in [0.2, 0.25) is 0 Å². The summed E-state index contributed by atoms with van der Waals surface area (Å²) in [6, 6.07) is 10.5. The minimum Gasteiger partial charge on any atom is -0.309 e. The molecule has 1 fully saturated rings. The van der Waals surface area contributed by atoms with E-state index in [4.69, 9.17) is 5.26 Å². The molecule has 0 aliphatic carbocycles. The van der Waals surface area contributed by atoms with Crippen molar-refractivity contribution in [1.82, 2.24) is 10.2 Å². The SMILES string of the molecule is CC1CC(C)CN(CC(C)NCc2cccc(C#N)c2)C1. The summed E-state index contributed by atoms with van der Waals surface area (Å²) in [4.78, 5) is 2.59. The van der Waals surface area contributed by atoms with Crippen molar-refractivity contribution in [2.24, 2.45) is 11.8 Å². The summed E-state index contributed by atoms with van der Waals surface area (Å²) < 4.78 is 0. The lowest BCUT2D eigenvalue weighted by Crippen LogP contribution is -2.45. The predicted molar refractivity (Wildman–Crippen MR) is 86.8 cm³/mol. The molecule has 0 bridgehead atoms. The number of nitrogens with zero attached hydrogens (tertiary/aromatic N) is 2. The van der Waals surface area contributed by atoms with Crippen LogP contribution in [0.3, 0.4) is 0 Å². The maximum Gasteiger partial charge on any atom is 0.0991 e. The van der Waals surface area contributed by atoms with E-state index in [2.05, 4.69) is 43.1 Å². The Bertz CT molecular complexity index is 481. The molecule has 3 atom stereocenters. The molecule has 0 spiro atoms. The van der Waals surface area contributed by atoms with Crippen LogP contribution in [0.4, 0.5) is 0 Å². The molecule has 1 heterocycles. The summed E-state index contributed by atoms with van der Waals surface area (Å²) >= 11 is 0. The minimum atomic E-state index is 0.466. The third-order valence-electron chi connectivity index (χ3n) is 4.19. The van der Waals surface area contributed by atoms with E-state index >= 15 is 0 Å². The lowest BCUT2D eigenvalue weighted by Gasteiger charge is -2.36. The molecular formula is C18H27N3. The van der Waals surface area contributed by atoms with E-state index in [1.54, 1.807) is 0 Å². The van der Waals surface area contributed by atoms with Gasteiger partial charge in [-0.25, -0.2) is 0 Å². The van der Waals surface area contributed by atoms with Gasteiger partial charge in [0.25, 0.3) is 0 Å². The molecule has 0 aromatic heterocycles. The van der Waals surface area contributed by atoms with E-state index in [-0.39, 0.29) is 0 Å². The van der Waals surface area contributed by atoms with Crippen molar-refractivity contribution in [3.05, 3.63) is 35.4 Å². The van der Waals surface area contributed by atoms with Gasteiger partial charge in [-0.15, -0.1) is 0 Å². The Morgan fingerprint density at radius 2 is 2.05 bits per heavy atom. The van der Waals surface area contributed by atoms with Gasteiger partial charge >= 0.3 is 0 Å². The normalized spacial score (nSPS) is 24.5. The van der Waals surface area contributed by atoms with Crippen molar-refractivity contribution in [3.63, 3.8) is 0 Å². The molecule has 1 aromatic carbocycles. The maximum absolute atomic E-state index is 8.93. The highest BCUT2D eigenvalue weighted by Crippen LogP contribution is 2.20.